The van der Waals surface area contributed by atoms with E-state index in [1.165, 1.54) is 12.8 Å². The summed E-state index contributed by atoms with van der Waals surface area (Å²) in [4.78, 5) is 0. The molecule has 17 heavy (non-hydrogen) atoms. The molecule has 1 heterocycles. The van der Waals surface area contributed by atoms with E-state index in [1.807, 2.05) is 6.07 Å². The Morgan fingerprint density at radius 2 is 2.06 bits per heavy atom. The number of rotatable bonds is 9. The lowest BCUT2D eigenvalue weighted by molar-refractivity contribution is 0.292. The first-order chi connectivity index (χ1) is 8.31. The Kier molecular flexibility index (Phi) is 6.70. The number of aliphatic hydroxyl groups excluding tert-OH is 1. The summed E-state index contributed by atoms with van der Waals surface area (Å²) in [7, 11) is 0. The van der Waals surface area contributed by atoms with Gasteiger partial charge in [0.15, 0.2) is 0 Å². The third-order valence-corrected chi connectivity index (χ3v) is 2.86. The van der Waals surface area contributed by atoms with E-state index in [1.54, 1.807) is 0 Å². The monoisotopic (exact) mass is 240 g/mol. The van der Waals surface area contributed by atoms with Crippen molar-refractivity contribution in [2.45, 2.75) is 51.9 Å². The molecule has 0 saturated carbocycles. The topological polar surface area (TPSA) is 58.3 Å². The van der Waals surface area contributed by atoms with Gasteiger partial charge in [-0.05, 0) is 19.3 Å². The highest BCUT2D eigenvalue weighted by atomic mass is 16.5. The molecule has 1 aromatic rings. The first kappa shape index (κ1) is 14.0. The summed E-state index contributed by atoms with van der Waals surface area (Å²) in [5.41, 5.74) is 1.06. The minimum atomic E-state index is 0.197. The second-order valence-corrected chi connectivity index (χ2v) is 4.39. The van der Waals surface area contributed by atoms with E-state index < -0.39 is 0 Å². The average molecular weight is 240 g/mol. The number of aromatic nitrogens is 1. The van der Waals surface area contributed by atoms with E-state index in [0.717, 1.165) is 31.5 Å². The lowest BCUT2D eigenvalue weighted by Gasteiger charge is -2.10. The van der Waals surface area contributed by atoms with Crippen LogP contribution in [0.3, 0.4) is 0 Å². The minimum Gasteiger partial charge on any atom is -0.396 e. The summed E-state index contributed by atoms with van der Waals surface area (Å²) in [6.07, 6.45) is 5.39. The van der Waals surface area contributed by atoms with E-state index in [-0.39, 0.29) is 6.61 Å². The summed E-state index contributed by atoms with van der Waals surface area (Å²) in [5.74, 6) is 1.23. The van der Waals surface area contributed by atoms with Crippen molar-refractivity contribution >= 4 is 5.88 Å². The summed E-state index contributed by atoms with van der Waals surface area (Å²) in [6, 6.07) is 1.99. The second kappa shape index (κ2) is 8.12. The Balaban J connectivity index is 2.51. The lowest BCUT2D eigenvalue weighted by atomic mass is 9.95. The normalized spacial score (nSPS) is 11.1. The van der Waals surface area contributed by atoms with Crippen LogP contribution in [0.1, 0.15) is 57.6 Å². The van der Waals surface area contributed by atoms with Gasteiger partial charge in [0.05, 0.1) is 5.69 Å². The summed E-state index contributed by atoms with van der Waals surface area (Å²) < 4.78 is 5.24. The maximum atomic E-state index is 8.69. The van der Waals surface area contributed by atoms with E-state index in [9.17, 15) is 0 Å². The van der Waals surface area contributed by atoms with Crippen LogP contribution < -0.4 is 5.32 Å². The molecule has 0 unspecified atom stereocenters. The van der Waals surface area contributed by atoms with E-state index in [2.05, 4.69) is 24.3 Å². The Labute approximate surface area is 103 Å². The van der Waals surface area contributed by atoms with Gasteiger partial charge in [0.1, 0.15) is 0 Å². The Bertz CT molecular complexity index is 293. The predicted octanol–water partition coefficient (Wildman–Crippen LogP) is 3.15. The van der Waals surface area contributed by atoms with E-state index in [4.69, 9.17) is 9.63 Å². The van der Waals surface area contributed by atoms with Gasteiger partial charge in [0.2, 0.25) is 5.88 Å². The van der Waals surface area contributed by atoms with Crippen LogP contribution in [0.4, 0.5) is 5.88 Å². The summed E-state index contributed by atoms with van der Waals surface area (Å²) in [5, 5.41) is 15.9. The molecule has 1 aromatic heterocycles. The minimum absolute atomic E-state index is 0.197. The fraction of sp³-hybridized carbons (Fsp3) is 0.769. The van der Waals surface area contributed by atoms with Crippen LogP contribution >= 0.6 is 0 Å². The van der Waals surface area contributed by atoms with Gasteiger partial charge < -0.3 is 14.9 Å². The molecule has 4 nitrogen and oxygen atoms in total. The van der Waals surface area contributed by atoms with Gasteiger partial charge in [-0.2, -0.15) is 0 Å². The van der Waals surface area contributed by atoms with Crippen LogP contribution in [-0.4, -0.2) is 23.4 Å². The zero-order chi connectivity index (χ0) is 12.5. The quantitative estimate of drug-likeness (QED) is 0.651. The molecule has 0 fully saturated rings. The van der Waals surface area contributed by atoms with Gasteiger partial charge in [0.25, 0.3) is 0 Å². The van der Waals surface area contributed by atoms with Crippen molar-refractivity contribution in [2.24, 2.45) is 0 Å². The van der Waals surface area contributed by atoms with Crippen molar-refractivity contribution in [1.29, 1.82) is 0 Å². The molecule has 0 aliphatic heterocycles. The Morgan fingerprint density at radius 3 is 2.65 bits per heavy atom. The van der Waals surface area contributed by atoms with Crippen molar-refractivity contribution in [1.82, 2.24) is 5.16 Å². The number of hydrogen-bond acceptors (Lipinski definition) is 4. The highest BCUT2D eigenvalue weighted by Crippen LogP contribution is 2.27. The number of aliphatic hydroxyl groups is 1. The average Bonchev–Trinajstić information content (AvgIpc) is 2.78. The van der Waals surface area contributed by atoms with Gasteiger partial charge in [-0.15, -0.1) is 0 Å². The van der Waals surface area contributed by atoms with Crippen LogP contribution in [0.2, 0.25) is 0 Å². The molecule has 98 valence electrons. The van der Waals surface area contributed by atoms with Crippen molar-refractivity contribution in [3.05, 3.63) is 11.8 Å². The maximum Gasteiger partial charge on any atom is 0.224 e. The number of anilines is 1. The SMILES string of the molecule is CCCC(CCC)c1cc(NCCCO)on1. The second-order valence-electron chi connectivity index (χ2n) is 4.39. The van der Waals surface area contributed by atoms with Crippen molar-refractivity contribution in [2.75, 3.05) is 18.5 Å². The van der Waals surface area contributed by atoms with E-state index in [0.29, 0.717) is 11.8 Å². The van der Waals surface area contributed by atoms with Gasteiger partial charge in [-0.3, -0.25) is 0 Å². The lowest BCUT2D eigenvalue weighted by Crippen LogP contribution is -2.02. The predicted molar refractivity (Wildman–Crippen MR) is 69.3 cm³/mol. The molecular weight excluding hydrogens is 216 g/mol. The summed E-state index contributed by atoms with van der Waals surface area (Å²) in [6.45, 7) is 5.31. The maximum absolute atomic E-state index is 8.69. The molecule has 1 rings (SSSR count). The van der Waals surface area contributed by atoms with Gasteiger partial charge in [-0.25, -0.2) is 0 Å². The highest BCUT2D eigenvalue weighted by Gasteiger charge is 2.14. The molecule has 4 heteroatoms. The smallest absolute Gasteiger partial charge is 0.224 e. The van der Waals surface area contributed by atoms with Crippen LogP contribution in [0.5, 0.6) is 0 Å². The summed E-state index contributed by atoms with van der Waals surface area (Å²) >= 11 is 0. The zero-order valence-electron chi connectivity index (χ0n) is 10.9. The molecule has 0 spiro atoms. The molecule has 0 atom stereocenters. The third kappa shape index (κ3) is 4.77. The van der Waals surface area contributed by atoms with Gasteiger partial charge >= 0.3 is 0 Å². The zero-order valence-corrected chi connectivity index (χ0v) is 10.9. The molecule has 0 bridgehead atoms. The van der Waals surface area contributed by atoms with Crippen LogP contribution in [-0.2, 0) is 0 Å². The molecule has 0 aliphatic rings. The standard InChI is InChI=1S/C13H24N2O2/c1-3-6-11(7-4-2)12-10-13(17-15-12)14-8-5-9-16/h10-11,14,16H,3-9H2,1-2H3. The molecule has 0 radical (unpaired) electrons. The molecule has 0 aromatic carbocycles. The first-order valence-electron chi connectivity index (χ1n) is 6.63. The van der Waals surface area contributed by atoms with Crippen LogP contribution in [0.25, 0.3) is 0 Å². The highest BCUT2D eigenvalue weighted by molar-refractivity contribution is 5.32. The van der Waals surface area contributed by atoms with Crippen molar-refractivity contribution in [3.63, 3.8) is 0 Å². The number of nitrogens with zero attached hydrogens (tertiary/aromatic N) is 1. The third-order valence-electron chi connectivity index (χ3n) is 2.86. The van der Waals surface area contributed by atoms with Crippen molar-refractivity contribution < 1.29 is 9.63 Å². The fourth-order valence-electron chi connectivity index (χ4n) is 1.99. The van der Waals surface area contributed by atoms with Crippen molar-refractivity contribution in [3.8, 4) is 0 Å². The largest absolute Gasteiger partial charge is 0.396 e. The Morgan fingerprint density at radius 1 is 1.35 bits per heavy atom. The van der Waals surface area contributed by atoms with Crippen LogP contribution in [0, 0.1) is 0 Å². The first-order valence-corrected chi connectivity index (χ1v) is 6.63. The van der Waals surface area contributed by atoms with E-state index >= 15 is 0 Å². The molecule has 0 saturated heterocycles. The molecule has 2 N–H and O–H groups in total. The molecule has 0 amide bonds. The number of nitrogens with one attached hydrogen (secondary N) is 1. The number of hydrogen-bond donors (Lipinski definition) is 2. The Hall–Kier alpha value is -1.03. The molecule has 0 aliphatic carbocycles. The van der Waals surface area contributed by atoms with Gasteiger partial charge in [0, 0.05) is 25.1 Å². The van der Waals surface area contributed by atoms with Crippen LogP contribution in [0.15, 0.2) is 10.6 Å². The fourth-order valence-corrected chi connectivity index (χ4v) is 1.99. The molecular formula is C13H24N2O2. The van der Waals surface area contributed by atoms with Gasteiger partial charge in [-0.1, -0.05) is 31.8 Å².